The second-order valence-corrected chi connectivity index (χ2v) is 24.3. The molecular weight excluding hydrogens is 964 g/mol. The molecule has 444 valence electrons. The number of hydrogen-bond acceptors (Lipinski definition) is 7. The minimum atomic E-state index is -4.70. The molecule has 0 bridgehead atoms. The van der Waals surface area contributed by atoms with E-state index in [-0.39, 0.29) is 31.5 Å². The second kappa shape index (κ2) is 56.0. The van der Waals surface area contributed by atoms with E-state index in [1.165, 1.54) is 180 Å². The first kappa shape index (κ1) is 73.7. The van der Waals surface area contributed by atoms with Crippen molar-refractivity contribution in [1.82, 2.24) is 5.32 Å². The van der Waals surface area contributed by atoms with Crippen LogP contribution in [0, 0.1) is 0 Å². The third-order valence-corrected chi connectivity index (χ3v) is 15.2. The van der Waals surface area contributed by atoms with Crippen LogP contribution in [0.15, 0.2) is 60.8 Å². The summed E-state index contributed by atoms with van der Waals surface area (Å²) in [6.07, 6.45) is 70.5. The highest BCUT2D eigenvalue weighted by Crippen LogP contribution is 2.38. The molecule has 9 nitrogen and oxygen atoms in total. The fourth-order valence-corrected chi connectivity index (χ4v) is 9.94. The zero-order chi connectivity index (χ0) is 55.7. The molecule has 0 radical (unpaired) electrons. The molecule has 0 saturated heterocycles. The minimum Gasteiger partial charge on any atom is -0.756 e. The number of rotatable bonds is 58. The first-order chi connectivity index (χ1) is 36.9. The molecule has 0 aromatic heterocycles. The molecule has 1 N–H and O–H groups in total. The molecule has 0 fully saturated rings. The number of phosphoric acid groups is 1. The van der Waals surface area contributed by atoms with Crippen LogP contribution >= 0.6 is 7.82 Å². The monoisotopic (exact) mass is 1090 g/mol. The van der Waals surface area contributed by atoms with Gasteiger partial charge in [-0.3, -0.25) is 14.2 Å². The Morgan fingerprint density at radius 2 is 0.803 bits per heavy atom. The highest BCUT2D eigenvalue weighted by atomic mass is 31.2. The Hall–Kier alpha value is -2.29. The van der Waals surface area contributed by atoms with Gasteiger partial charge < -0.3 is 28.5 Å². The molecule has 76 heavy (non-hydrogen) atoms. The number of allylic oxidation sites excluding steroid dienone is 9. The van der Waals surface area contributed by atoms with E-state index >= 15 is 0 Å². The van der Waals surface area contributed by atoms with Crippen LogP contribution in [-0.4, -0.2) is 69.4 Å². The number of nitrogens with one attached hydrogen (secondary N) is 1. The van der Waals surface area contributed by atoms with E-state index in [9.17, 15) is 19.0 Å². The van der Waals surface area contributed by atoms with Crippen molar-refractivity contribution in [3.8, 4) is 0 Å². The molecular formula is C66H123N2O7P. The predicted octanol–water partition coefficient (Wildman–Crippen LogP) is 19.2. The Labute approximate surface area is 471 Å². The fraction of sp³-hybridized carbons (Fsp3) is 0.818. The molecule has 0 aliphatic carbocycles. The number of unbranched alkanes of at least 4 members (excludes halogenated alkanes) is 34. The third kappa shape index (κ3) is 56.4. The van der Waals surface area contributed by atoms with Crippen LogP contribution in [0.5, 0.6) is 0 Å². The summed E-state index contributed by atoms with van der Waals surface area (Å²) >= 11 is 0. The van der Waals surface area contributed by atoms with Crippen molar-refractivity contribution in [1.29, 1.82) is 0 Å². The van der Waals surface area contributed by atoms with Crippen LogP contribution < -0.4 is 10.2 Å². The summed E-state index contributed by atoms with van der Waals surface area (Å²) in [5.74, 6) is -0.538. The maximum atomic E-state index is 13.5. The highest BCUT2D eigenvalue weighted by Gasteiger charge is 2.27. The first-order valence-electron chi connectivity index (χ1n) is 32.1. The first-order valence-corrected chi connectivity index (χ1v) is 33.6. The molecule has 0 aromatic carbocycles. The van der Waals surface area contributed by atoms with Gasteiger partial charge in [0.1, 0.15) is 19.3 Å². The van der Waals surface area contributed by atoms with Gasteiger partial charge in [-0.25, -0.2) is 0 Å². The lowest BCUT2D eigenvalue weighted by atomic mass is 10.0. The summed E-state index contributed by atoms with van der Waals surface area (Å²) in [5.41, 5.74) is 0. The van der Waals surface area contributed by atoms with Gasteiger partial charge in [-0.05, 0) is 76.7 Å². The number of ether oxygens (including phenoxy) is 1. The van der Waals surface area contributed by atoms with Crippen LogP contribution in [0.2, 0.25) is 0 Å². The Bertz CT molecular complexity index is 1490. The molecule has 0 saturated carbocycles. The lowest BCUT2D eigenvalue weighted by molar-refractivity contribution is -0.870. The van der Waals surface area contributed by atoms with Crippen molar-refractivity contribution < 1.29 is 37.3 Å². The largest absolute Gasteiger partial charge is 0.756 e. The standard InChI is InChI=1S/C66H123N2O7P/c1-7-10-13-16-19-22-25-27-28-29-30-31-32-33-34-35-36-37-38-39-40-41-44-46-49-52-55-58-65(69)67-63(62-74-76(71,72)73-61-60-68(4,5)6)64(57-54-51-48-45-43-26-23-20-17-14-11-8-2)75-66(70)59-56-53-50-47-42-24-21-18-15-12-9-3/h19,22,27-28,30-31,33-34,54,57,63-64H,7-18,20-21,23-26,29,32,35-53,55-56,58-62H2,1-6H3,(H-,67,69,71,72)/b22-19-,28-27-,31-30-,34-33-,57-54-. The number of carbonyl (C=O) groups excluding carboxylic acids is 2. The molecule has 0 aliphatic rings. The van der Waals surface area contributed by atoms with E-state index in [1.54, 1.807) is 0 Å². The van der Waals surface area contributed by atoms with Gasteiger partial charge >= 0.3 is 5.97 Å². The van der Waals surface area contributed by atoms with Crippen molar-refractivity contribution in [2.24, 2.45) is 0 Å². The van der Waals surface area contributed by atoms with Crippen molar-refractivity contribution in [2.45, 2.75) is 309 Å². The number of carbonyl (C=O) groups is 2. The fourth-order valence-electron chi connectivity index (χ4n) is 9.21. The highest BCUT2D eigenvalue weighted by molar-refractivity contribution is 7.45. The average Bonchev–Trinajstić information content (AvgIpc) is 3.38. The topological polar surface area (TPSA) is 114 Å². The van der Waals surface area contributed by atoms with Gasteiger partial charge in [0.2, 0.25) is 5.91 Å². The summed E-state index contributed by atoms with van der Waals surface area (Å²) in [7, 11) is 1.19. The summed E-state index contributed by atoms with van der Waals surface area (Å²) in [6, 6.07) is -0.888. The molecule has 1 amide bonds. The molecule has 10 heteroatoms. The van der Waals surface area contributed by atoms with Crippen LogP contribution in [0.1, 0.15) is 297 Å². The van der Waals surface area contributed by atoms with E-state index in [0.717, 1.165) is 83.5 Å². The molecule has 0 heterocycles. The maximum absolute atomic E-state index is 13.5. The molecule has 0 spiro atoms. The van der Waals surface area contributed by atoms with Crippen molar-refractivity contribution in [2.75, 3.05) is 40.9 Å². The Morgan fingerprint density at radius 1 is 0.461 bits per heavy atom. The van der Waals surface area contributed by atoms with Crippen LogP contribution in [-0.2, 0) is 27.9 Å². The Balaban J connectivity index is 5.02. The number of likely N-dealkylation sites (N-methyl/N-ethyl adjacent to an activating group) is 1. The minimum absolute atomic E-state index is 0.0226. The molecule has 3 atom stereocenters. The van der Waals surface area contributed by atoms with Gasteiger partial charge in [0, 0.05) is 12.8 Å². The summed E-state index contributed by atoms with van der Waals surface area (Å²) in [5, 5.41) is 3.03. The summed E-state index contributed by atoms with van der Waals surface area (Å²) in [4.78, 5) is 39.9. The van der Waals surface area contributed by atoms with Gasteiger partial charge in [0.15, 0.2) is 0 Å². The van der Waals surface area contributed by atoms with E-state index in [1.807, 2.05) is 33.3 Å². The zero-order valence-electron chi connectivity index (χ0n) is 50.7. The average molecular weight is 1090 g/mol. The third-order valence-electron chi connectivity index (χ3n) is 14.2. The van der Waals surface area contributed by atoms with Crippen molar-refractivity contribution in [3.63, 3.8) is 0 Å². The van der Waals surface area contributed by atoms with Gasteiger partial charge in [-0.15, -0.1) is 0 Å². The molecule has 0 rings (SSSR count). The Morgan fingerprint density at radius 3 is 1.22 bits per heavy atom. The number of quaternary nitrogens is 1. The number of nitrogens with zero attached hydrogens (tertiary/aromatic N) is 1. The Kier molecular flexibility index (Phi) is 54.3. The molecule has 0 aromatic rings. The van der Waals surface area contributed by atoms with Crippen LogP contribution in [0.4, 0.5) is 0 Å². The van der Waals surface area contributed by atoms with E-state index in [2.05, 4.69) is 74.7 Å². The van der Waals surface area contributed by atoms with Crippen LogP contribution in [0.3, 0.4) is 0 Å². The normalized spacial score (nSPS) is 14.0. The number of hydrogen-bond donors (Lipinski definition) is 1. The van der Waals surface area contributed by atoms with Crippen molar-refractivity contribution in [3.05, 3.63) is 60.8 Å². The summed E-state index contributed by atoms with van der Waals surface area (Å²) in [6.45, 7) is 6.82. The molecule has 0 aliphatic heterocycles. The smallest absolute Gasteiger partial charge is 0.306 e. The predicted molar refractivity (Wildman–Crippen MR) is 325 cm³/mol. The zero-order valence-corrected chi connectivity index (χ0v) is 51.6. The van der Waals surface area contributed by atoms with Gasteiger partial charge in [-0.2, -0.15) is 0 Å². The van der Waals surface area contributed by atoms with Crippen LogP contribution in [0.25, 0.3) is 0 Å². The van der Waals surface area contributed by atoms with Gasteiger partial charge in [0.05, 0.1) is 33.8 Å². The van der Waals surface area contributed by atoms with E-state index < -0.39 is 20.0 Å². The lowest BCUT2D eigenvalue weighted by Crippen LogP contribution is -2.47. The summed E-state index contributed by atoms with van der Waals surface area (Å²) < 4.78 is 30.3. The number of esters is 1. The maximum Gasteiger partial charge on any atom is 0.306 e. The van der Waals surface area contributed by atoms with Gasteiger partial charge in [0.25, 0.3) is 7.82 Å². The van der Waals surface area contributed by atoms with Crippen molar-refractivity contribution >= 4 is 19.7 Å². The van der Waals surface area contributed by atoms with E-state index in [0.29, 0.717) is 17.4 Å². The van der Waals surface area contributed by atoms with E-state index in [4.69, 9.17) is 13.8 Å². The number of phosphoric ester groups is 1. The SMILES string of the molecule is CCCCC/C=C\C/C=C\C/C=C\C/C=C\CCCCCCCCCCCCCC(=O)NC(COP(=O)([O-])OCC[N+](C)(C)C)C(/C=C\CCCCCCCCCCCC)OC(=O)CCCCCCCCCCCCC. The molecule has 3 unspecified atom stereocenters. The quantitative estimate of drug-likeness (QED) is 0.0212. The van der Waals surface area contributed by atoms with Gasteiger partial charge in [-0.1, -0.05) is 268 Å². The second-order valence-electron chi connectivity index (χ2n) is 22.9. The lowest BCUT2D eigenvalue weighted by Gasteiger charge is -2.30. The number of amides is 1.